The number of nitrogens with zero attached hydrogens (tertiary/aromatic N) is 1. The summed E-state index contributed by atoms with van der Waals surface area (Å²) in [6.07, 6.45) is 4.03. The van der Waals surface area contributed by atoms with Gasteiger partial charge in [-0.1, -0.05) is 29.4 Å². The van der Waals surface area contributed by atoms with Crippen molar-refractivity contribution in [3.63, 3.8) is 0 Å². The van der Waals surface area contributed by atoms with Crippen molar-refractivity contribution < 1.29 is 19.3 Å². The molecule has 120 valence electrons. The van der Waals surface area contributed by atoms with Crippen molar-refractivity contribution in [2.45, 2.75) is 38.0 Å². The predicted octanol–water partition coefficient (Wildman–Crippen LogP) is 2.88. The maximum Gasteiger partial charge on any atom is 0.296 e. The van der Waals surface area contributed by atoms with Crippen LogP contribution in [0.2, 0.25) is 0 Å². The number of benzene rings is 1. The number of hydrogen-bond donors (Lipinski definition) is 2. The molecule has 6 nitrogen and oxygen atoms in total. The largest absolute Gasteiger partial charge is 0.361 e. The topological polar surface area (TPSA) is 92.4 Å². The van der Waals surface area contributed by atoms with E-state index in [0.717, 1.165) is 5.56 Å². The number of hydrogen-bond acceptors (Lipinski definition) is 5. The summed E-state index contributed by atoms with van der Waals surface area (Å²) >= 11 is 0. The lowest BCUT2D eigenvalue weighted by molar-refractivity contribution is 0.0696. The van der Waals surface area contributed by atoms with E-state index in [9.17, 15) is 9.59 Å². The molecule has 0 bridgehead atoms. The van der Waals surface area contributed by atoms with Gasteiger partial charge in [-0.3, -0.25) is 14.8 Å². The van der Waals surface area contributed by atoms with Crippen molar-refractivity contribution in [2.75, 3.05) is 0 Å². The van der Waals surface area contributed by atoms with Crippen LogP contribution < -0.4 is 5.48 Å². The van der Waals surface area contributed by atoms with Gasteiger partial charge in [-0.05, 0) is 30.7 Å². The Hall–Kier alpha value is -2.47. The monoisotopic (exact) mass is 314 g/mol. The summed E-state index contributed by atoms with van der Waals surface area (Å²) < 4.78 is 4.99. The first kappa shape index (κ1) is 15.4. The number of carbonyl (C=O) groups excluding carboxylic acids is 2. The van der Waals surface area contributed by atoms with Gasteiger partial charge >= 0.3 is 0 Å². The first-order valence-corrected chi connectivity index (χ1v) is 7.70. The quantitative estimate of drug-likeness (QED) is 0.466. The fourth-order valence-corrected chi connectivity index (χ4v) is 2.52. The summed E-state index contributed by atoms with van der Waals surface area (Å²) in [5.41, 5.74) is 3.56. The van der Waals surface area contributed by atoms with Gasteiger partial charge in [-0.15, -0.1) is 0 Å². The second-order valence-electron chi connectivity index (χ2n) is 5.79. The second-order valence-corrected chi connectivity index (χ2v) is 5.79. The zero-order valence-electron chi connectivity index (χ0n) is 12.6. The lowest BCUT2D eigenvalue weighted by atomic mass is 10.0. The summed E-state index contributed by atoms with van der Waals surface area (Å²) in [5, 5.41) is 12.0. The molecule has 1 heterocycles. The van der Waals surface area contributed by atoms with Gasteiger partial charge in [-0.25, -0.2) is 5.48 Å². The number of Topliss-reactive ketones (excluding diaryl/α,β-unsaturated/α-hetero) is 1. The van der Waals surface area contributed by atoms with Crippen molar-refractivity contribution in [3.8, 4) is 0 Å². The molecule has 1 saturated carbocycles. The summed E-state index contributed by atoms with van der Waals surface area (Å²) in [6, 6.07) is 9.34. The fraction of sp³-hybridized carbons (Fsp3) is 0.353. The Morgan fingerprint density at radius 3 is 2.65 bits per heavy atom. The number of hydroxylamine groups is 1. The number of amides is 1. The Balaban J connectivity index is 1.48. The van der Waals surface area contributed by atoms with E-state index in [1.54, 1.807) is 0 Å². The third-order valence-corrected chi connectivity index (χ3v) is 4.00. The van der Waals surface area contributed by atoms with E-state index in [2.05, 4.69) is 5.16 Å². The third-order valence-electron chi connectivity index (χ3n) is 4.00. The Labute approximate surface area is 133 Å². The highest BCUT2D eigenvalue weighted by molar-refractivity contribution is 5.96. The highest BCUT2D eigenvalue weighted by atomic mass is 16.5. The van der Waals surface area contributed by atoms with Gasteiger partial charge in [-0.2, -0.15) is 0 Å². The molecule has 0 unspecified atom stereocenters. The molecule has 0 saturated heterocycles. The number of aromatic nitrogens is 1. The number of rotatable bonds is 7. The molecule has 1 aromatic carbocycles. The summed E-state index contributed by atoms with van der Waals surface area (Å²) in [6.45, 7) is 0. The highest BCUT2D eigenvalue weighted by Crippen LogP contribution is 2.39. The molecule has 0 atom stereocenters. The van der Waals surface area contributed by atoms with Gasteiger partial charge in [0.15, 0.2) is 11.5 Å². The zero-order valence-corrected chi connectivity index (χ0v) is 12.6. The first-order chi connectivity index (χ1) is 11.2. The van der Waals surface area contributed by atoms with Gasteiger partial charge < -0.3 is 4.52 Å². The van der Waals surface area contributed by atoms with Gasteiger partial charge in [0.1, 0.15) is 5.76 Å². The van der Waals surface area contributed by atoms with Crippen molar-refractivity contribution >= 4 is 11.7 Å². The molecular formula is C17H18N2O4. The minimum absolute atomic E-state index is 0.0180. The van der Waals surface area contributed by atoms with Gasteiger partial charge in [0.2, 0.25) is 0 Å². The maximum absolute atomic E-state index is 12.1. The van der Waals surface area contributed by atoms with Crippen LogP contribution in [0, 0.1) is 0 Å². The van der Waals surface area contributed by atoms with E-state index >= 15 is 0 Å². The van der Waals surface area contributed by atoms with E-state index < -0.39 is 5.91 Å². The maximum atomic E-state index is 12.1. The highest BCUT2D eigenvalue weighted by Gasteiger charge is 2.23. The van der Waals surface area contributed by atoms with Crippen LogP contribution >= 0.6 is 0 Å². The van der Waals surface area contributed by atoms with E-state index in [0.29, 0.717) is 30.9 Å². The van der Waals surface area contributed by atoms with Gasteiger partial charge in [0.05, 0.1) is 0 Å². The van der Waals surface area contributed by atoms with Crippen LogP contribution in [0.15, 0.2) is 34.9 Å². The first-order valence-electron chi connectivity index (χ1n) is 7.70. The predicted molar refractivity (Wildman–Crippen MR) is 81.4 cm³/mol. The van der Waals surface area contributed by atoms with E-state index in [1.807, 2.05) is 24.3 Å². The van der Waals surface area contributed by atoms with Crippen molar-refractivity contribution in [2.24, 2.45) is 0 Å². The van der Waals surface area contributed by atoms with Crippen LogP contribution in [-0.4, -0.2) is 22.1 Å². The van der Waals surface area contributed by atoms with Crippen LogP contribution in [0.3, 0.4) is 0 Å². The summed E-state index contributed by atoms with van der Waals surface area (Å²) in [5.74, 6) is 0.586. The molecule has 1 aliphatic rings. The molecule has 2 N–H and O–H groups in total. The van der Waals surface area contributed by atoms with E-state index in [4.69, 9.17) is 9.73 Å². The number of nitrogens with one attached hydrogen (secondary N) is 1. The molecule has 23 heavy (non-hydrogen) atoms. The Morgan fingerprint density at radius 2 is 2.00 bits per heavy atom. The average Bonchev–Trinajstić information content (AvgIpc) is 3.33. The minimum atomic E-state index is -0.716. The number of carbonyl (C=O) groups is 2. The van der Waals surface area contributed by atoms with Gasteiger partial charge in [0.25, 0.3) is 5.91 Å². The molecule has 0 aliphatic heterocycles. The molecule has 1 aliphatic carbocycles. The fourth-order valence-electron chi connectivity index (χ4n) is 2.52. The molecule has 0 radical (unpaired) electrons. The lowest BCUT2D eigenvalue weighted by Gasteiger charge is -2.02. The van der Waals surface area contributed by atoms with Crippen molar-refractivity contribution in [1.82, 2.24) is 10.6 Å². The van der Waals surface area contributed by atoms with Gasteiger partial charge in [0, 0.05) is 24.5 Å². The Morgan fingerprint density at radius 1 is 1.26 bits per heavy atom. The van der Waals surface area contributed by atoms with E-state index in [-0.39, 0.29) is 11.5 Å². The van der Waals surface area contributed by atoms with Crippen LogP contribution in [0.25, 0.3) is 0 Å². The lowest BCUT2D eigenvalue weighted by Crippen LogP contribution is -2.18. The number of aryl methyl sites for hydroxylation is 1. The summed E-state index contributed by atoms with van der Waals surface area (Å²) in [4.78, 5) is 23.3. The normalized spacial score (nSPS) is 13.8. The Kier molecular flexibility index (Phi) is 4.52. The molecule has 1 amide bonds. The average molecular weight is 314 g/mol. The van der Waals surface area contributed by atoms with Crippen molar-refractivity contribution in [1.29, 1.82) is 0 Å². The van der Waals surface area contributed by atoms with Crippen LogP contribution in [-0.2, 0) is 6.42 Å². The van der Waals surface area contributed by atoms with Crippen LogP contribution in [0.5, 0.6) is 0 Å². The smallest absolute Gasteiger partial charge is 0.296 e. The van der Waals surface area contributed by atoms with Crippen LogP contribution in [0.4, 0.5) is 0 Å². The standard InChI is InChI=1S/C17H18N2O4/c20-16(13-8-6-12(7-9-13)11-4-5-11)3-1-2-14-10-15(19-23-14)17(21)18-22/h6-11,22H,1-5H2,(H,18,21). The molecule has 1 fully saturated rings. The minimum Gasteiger partial charge on any atom is -0.361 e. The SMILES string of the molecule is O=C(CCCc1cc(C(=O)NO)no1)c1ccc(C2CC2)cc1. The molecule has 6 heteroatoms. The molecule has 3 rings (SSSR count). The third kappa shape index (κ3) is 3.84. The molecule has 0 spiro atoms. The molecule has 1 aromatic heterocycles. The number of ketones is 1. The summed E-state index contributed by atoms with van der Waals surface area (Å²) in [7, 11) is 0. The second kappa shape index (κ2) is 6.75. The Bertz CT molecular complexity index is 702. The molecule has 2 aromatic rings. The van der Waals surface area contributed by atoms with E-state index in [1.165, 1.54) is 30.0 Å². The molecular weight excluding hydrogens is 296 g/mol. The zero-order chi connectivity index (χ0) is 16.2. The van der Waals surface area contributed by atoms with Crippen molar-refractivity contribution in [3.05, 3.63) is 52.9 Å². The van der Waals surface area contributed by atoms with Crippen LogP contribution in [0.1, 0.15) is 63.8 Å².